The molecule has 0 bridgehead atoms. The highest BCUT2D eigenvalue weighted by atomic mass is 35.5. The van der Waals surface area contributed by atoms with Gasteiger partial charge < -0.3 is 14.8 Å². The van der Waals surface area contributed by atoms with Crippen LogP contribution in [0, 0.1) is 6.92 Å². The van der Waals surface area contributed by atoms with Gasteiger partial charge in [0.25, 0.3) is 5.91 Å². The summed E-state index contributed by atoms with van der Waals surface area (Å²) in [4.78, 5) is 12.6. The van der Waals surface area contributed by atoms with Gasteiger partial charge in [-0.15, -0.1) is 5.10 Å². The van der Waals surface area contributed by atoms with Gasteiger partial charge in [-0.1, -0.05) is 22.9 Å². The van der Waals surface area contributed by atoms with Crippen molar-refractivity contribution in [3.63, 3.8) is 0 Å². The molecular formula is C19H19ClN4O3. The molecule has 0 saturated heterocycles. The van der Waals surface area contributed by atoms with Gasteiger partial charge in [0, 0.05) is 16.8 Å². The molecule has 0 aliphatic heterocycles. The summed E-state index contributed by atoms with van der Waals surface area (Å²) in [5.41, 5.74) is 2.13. The van der Waals surface area contributed by atoms with E-state index < -0.39 is 0 Å². The van der Waals surface area contributed by atoms with Crippen LogP contribution in [-0.2, 0) is 0 Å². The van der Waals surface area contributed by atoms with E-state index in [-0.39, 0.29) is 11.6 Å². The summed E-state index contributed by atoms with van der Waals surface area (Å²) in [6.45, 7) is 4.14. The predicted octanol–water partition coefficient (Wildman–Crippen LogP) is 3.89. The highest BCUT2D eigenvalue weighted by Crippen LogP contribution is 2.30. The Morgan fingerprint density at radius 3 is 2.74 bits per heavy atom. The molecule has 0 atom stereocenters. The van der Waals surface area contributed by atoms with E-state index in [1.807, 2.05) is 19.1 Å². The molecule has 0 aliphatic rings. The smallest absolute Gasteiger partial charge is 0.278 e. The van der Waals surface area contributed by atoms with Gasteiger partial charge in [-0.25, -0.2) is 4.68 Å². The number of nitrogens with one attached hydrogen (secondary N) is 1. The lowest BCUT2D eigenvalue weighted by atomic mass is 10.2. The number of methoxy groups -OCH3 is 1. The standard InChI is InChI=1S/C19H19ClN4O3/c1-4-27-17-11-14(8-9-16(17)26-3)21-19(25)18-12(2)24(23-22-18)15-7-5-6-13(20)10-15/h5-11H,4H2,1-3H3,(H,21,25). The molecule has 140 valence electrons. The van der Waals surface area contributed by atoms with Gasteiger partial charge >= 0.3 is 0 Å². The molecule has 0 radical (unpaired) electrons. The van der Waals surface area contributed by atoms with Gasteiger partial charge in [0.2, 0.25) is 0 Å². The van der Waals surface area contributed by atoms with E-state index in [0.29, 0.717) is 34.5 Å². The van der Waals surface area contributed by atoms with Crippen LogP contribution in [-0.4, -0.2) is 34.6 Å². The number of carbonyl (C=O) groups is 1. The Labute approximate surface area is 161 Å². The first-order valence-corrected chi connectivity index (χ1v) is 8.71. The van der Waals surface area contributed by atoms with Crippen LogP contribution in [0.2, 0.25) is 5.02 Å². The highest BCUT2D eigenvalue weighted by Gasteiger charge is 2.18. The van der Waals surface area contributed by atoms with Gasteiger partial charge in [-0.05, 0) is 44.2 Å². The van der Waals surface area contributed by atoms with Crippen molar-refractivity contribution < 1.29 is 14.3 Å². The van der Waals surface area contributed by atoms with E-state index in [1.165, 1.54) is 0 Å². The zero-order chi connectivity index (χ0) is 19.4. The predicted molar refractivity (Wildman–Crippen MR) is 103 cm³/mol. The largest absolute Gasteiger partial charge is 0.493 e. The fraction of sp³-hybridized carbons (Fsp3) is 0.211. The molecule has 0 aliphatic carbocycles. The number of nitrogens with zero attached hydrogens (tertiary/aromatic N) is 3. The molecule has 7 nitrogen and oxygen atoms in total. The number of hydrogen-bond donors (Lipinski definition) is 1. The lowest BCUT2D eigenvalue weighted by Crippen LogP contribution is -2.14. The summed E-state index contributed by atoms with van der Waals surface area (Å²) >= 11 is 6.03. The van der Waals surface area contributed by atoms with Crippen molar-refractivity contribution >= 4 is 23.2 Å². The van der Waals surface area contributed by atoms with Crippen molar-refractivity contribution in [3.05, 3.63) is 58.9 Å². The maximum absolute atomic E-state index is 12.6. The summed E-state index contributed by atoms with van der Waals surface area (Å²) in [6, 6.07) is 12.3. The average molecular weight is 387 g/mol. The summed E-state index contributed by atoms with van der Waals surface area (Å²) < 4.78 is 12.4. The topological polar surface area (TPSA) is 78.3 Å². The lowest BCUT2D eigenvalue weighted by molar-refractivity contribution is 0.102. The molecule has 0 unspecified atom stereocenters. The molecule has 3 aromatic rings. The van der Waals surface area contributed by atoms with Crippen molar-refractivity contribution in [2.24, 2.45) is 0 Å². The van der Waals surface area contributed by atoms with Gasteiger partial charge in [-0.2, -0.15) is 0 Å². The second kappa shape index (κ2) is 8.09. The molecule has 8 heteroatoms. The minimum Gasteiger partial charge on any atom is -0.493 e. The number of halogens is 1. The van der Waals surface area contributed by atoms with Crippen LogP contribution in [0.15, 0.2) is 42.5 Å². The van der Waals surface area contributed by atoms with Crippen LogP contribution in [0.3, 0.4) is 0 Å². The number of aromatic nitrogens is 3. The Kier molecular flexibility index (Phi) is 5.61. The molecule has 27 heavy (non-hydrogen) atoms. The quantitative estimate of drug-likeness (QED) is 0.695. The van der Waals surface area contributed by atoms with Crippen LogP contribution in [0.5, 0.6) is 11.5 Å². The molecule has 0 fully saturated rings. The number of carbonyl (C=O) groups excluding carboxylic acids is 1. The van der Waals surface area contributed by atoms with E-state index >= 15 is 0 Å². The van der Waals surface area contributed by atoms with Crippen molar-refractivity contribution in [1.29, 1.82) is 0 Å². The summed E-state index contributed by atoms with van der Waals surface area (Å²) in [5, 5.41) is 11.5. The first kappa shape index (κ1) is 18.7. The Balaban J connectivity index is 1.84. The first-order valence-electron chi connectivity index (χ1n) is 8.34. The lowest BCUT2D eigenvalue weighted by Gasteiger charge is -2.11. The minimum absolute atomic E-state index is 0.226. The third-order valence-corrected chi connectivity index (χ3v) is 4.12. The zero-order valence-corrected chi connectivity index (χ0v) is 15.9. The van der Waals surface area contributed by atoms with Crippen molar-refractivity contribution in [2.75, 3.05) is 19.0 Å². The average Bonchev–Trinajstić information content (AvgIpc) is 3.04. The van der Waals surface area contributed by atoms with E-state index in [1.54, 1.807) is 49.0 Å². The maximum Gasteiger partial charge on any atom is 0.278 e. The van der Waals surface area contributed by atoms with Crippen LogP contribution in [0.25, 0.3) is 5.69 Å². The molecule has 1 amide bonds. The Hall–Kier alpha value is -3.06. The Morgan fingerprint density at radius 2 is 2.04 bits per heavy atom. The Morgan fingerprint density at radius 1 is 1.22 bits per heavy atom. The number of anilines is 1. The Bertz CT molecular complexity index is 971. The maximum atomic E-state index is 12.6. The molecule has 2 aromatic carbocycles. The molecule has 0 saturated carbocycles. The van der Waals surface area contributed by atoms with Gasteiger partial charge in [0.1, 0.15) is 0 Å². The van der Waals surface area contributed by atoms with E-state index in [2.05, 4.69) is 15.6 Å². The van der Waals surface area contributed by atoms with Crippen molar-refractivity contribution in [3.8, 4) is 17.2 Å². The van der Waals surface area contributed by atoms with Crippen molar-refractivity contribution in [1.82, 2.24) is 15.0 Å². The van der Waals surface area contributed by atoms with Gasteiger partial charge in [-0.3, -0.25) is 4.79 Å². The number of benzene rings is 2. The SMILES string of the molecule is CCOc1cc(NC(=O)c2nnn(-c3cccc(Cl)c3)c2C)ccc1OC. The minimum atomic E-state index is -0.367. The number of ether oxygens (including phenoxy) is 2. The fourth-order valence-electron chi connectivity index (χ4n) is 2.61. The van der Waals surface area contributed by atoms with Crippen LogP contribution >= 0.6 is 11.6 Å². The number of hydrogen-bond acceptors (Lipinski definition) is 5. The van der Waals surface area contributed by atoms with Gasteiger partial charge in [0.05, 0.1) is 25.1 Å². The number of amides is 1. The highest BCUT2D eigenvalue weighted by molar-refractivity contribution is 6.30. The van der Waals surface area contributed by atoms with Crippen molar-refractivity contribution in [2.45, 2.75) is 13.8 Å². The van der Waals surface area contributed by atoms with E-state index in [0.717, 1.165) is 5.69 Å². The monoisotopic (exact) mass is 386 g/mol. The molecule has 3 rings (SSSR count). The summed E-state index contributed by atoms with van der Waals surface area (Å²) in [5.74, 6) is 0.781. The third kappa shape index (κ3) is 4.03. The first-order chi connectivity index (χ1) is 13.0. The number of rotatable bonds is 6. The normalized spacial score (nSPS) is 10.5. The fourth-order valence-corrected chi connectivity index (χ4v) is 2.79. The summed E-state index contributed by atoms with van der Waals surface area (Å²) in [6.07, 6.45) is 0. The van der Waals surface area contributed by atoms with Crippen LogP contribution in [0.1, 0.15) is 23.1 Å². The van der Waals surface area contributed by atoms with Crippen LogP contribution < -0.4 is 14.8 Å². The molecular weight excluding hydrogens is 368 g/mol. The summed E-state index contributed by atoms with van der Waals surface area (Å²) in [7, 11) is 1.56. The van der Waals surface area contributed by atoms with Gasteiger partial charge in [0.15, 0.2) is 17.2 Å². The van der Waals surface area contributed by atoms with E-state index in [9.17, 15) is 4.79 Å². The zero-order valence-electron chi connectivity index (χ0n) is 15.2. The second-order valence-corrected chi connectivity index (χ2v) is 6.10. The second-order valence-electron chi connectivity index (χ2n) is 5.67. The van der Waals surface area contributed by atoms with E-state index in [4.69, 9.17) is 21.1 Å². The molecule has 1 heterocycles. The molecule has 1 N–H and O–H groups in total. The molecule has 0 spiro atoms. The third-order valence-electron chi connectivity index (χ3n) is 3.88. The molecule has 1 aromatic heterocycles. The van der Waals surface area contributed by atoms with Crippen LogP contribution in [0.4, 0.5) is 5.69 Å².